The van der Waals surface area contributed by atoms with Crippen molar-refractivity contribution in [2.45, 2.75) is 45.3 Å². The van der Waals surface area contributed by atoms with Gasteiger partial charge in [0.25, 0.3) is 0 Å². The number of carbonyl (C=O) groups is 1. The molecule has 40 heavy (non-hydrogen) atoms. The number of hydrogen-bond donors (Lipinski definition) is 0. The van der Waals surface area contributed by atoms with E-state index < -0.39 is 5.60 Å². The topological polar surface area (TPSA) is 113 Å². The maximum absolute atomic E-state index is 13.6. The highest BCUT2D eigenvalue weighted by molar-refractivity contribution is 6.00. The van der Waals surface area contributed by atoms with Gasteiger partial charge in [-0.3, -0.25) is 23.8 Å². The van der Waals surface area contributed by atoms with Crippen LogP contribution in [0.2, 0.25) is 0 Å². The van der Waals surface area contributed by atoms with Crippen LogP contribution >= 0.6 is 0 Å². The van der Waals surface area contributed by atoms with Gasteiger partial charge in [0, 0.05) is 50.7 Å². The Morgan fingerprint density at radius 2 is 1.80 bits per heavy atom. The van der Waals surface area contributed by atoms with E-state index in [2.05, 4.69) is 15.1 Å². The van der Waals surface area contributed by atoms with Crippen LogP contribution in [0.4, 0.5) is 4.79 Å². The molecule has 0 N–H and O–H groups in total. The van der Waals surface area contributed by atoms with Crippen LogP contribution in [0, 0.1) is 0 Å². The Labute approximate surface area is 231 Å². The van der Waals surface area contributed by atoms with Crippen LogP contribution in [0.1, 0.15) is 39.7 Å². The lowest BCUT2D eigenvalue weighted by Gasteiger charge is -2.34. The van der Waals surface area contributed by atoms with Crippen molar-refractivity contribution in [1.29, 1.82) is 0 Å². The van der Waals surface area contributed by atoms with Gasteiger partial charge in [-0.1, -0.05) is 0 Å². The van der Waals surface area contributed by atoms with Gasteiger partial charge >= 0.3 is 11.8 Å². The molecule has 1 saturated heterocycles. The van der Waals surface area contributed by atoms with E-state index >= 15 is 0 Å². The minimum Gasteiger partial charge on any atom is -0.444 e. The fraction of sp³-hybridized carbons (Fsp3) is 0.379. The maximum atomic E-state index is 13.6. The normalized spacial score (nSPS) is 16.1. The number of rotatable bonds is 3. The van der Waals surface area contributed by atoms with E-state index in [1.54, 1.807) is 44.4 Å². The summed E-state index contributed by atoms with van der Waals surface area (Å²) >= 11 is 0. The predicted octanol–water partition coefficient (Wildman–Crippen LogP) is 4.32. The minimum atomic E-state index is -0.590. The molecular weight excluding hydrogens is 508 g/mol. The van der Waals surface area contributed by atoms with Crippen molar-refractivity contribution in [3.05, 3.63) is 59.5 Å². The molecule has 0 bridgehead atoms. The van der Waals surface area contributed by atoms with Crippen LogP contribution in [0.25, 0.3) is 44.6 Å². The van der Waals surface area contributed by atoms with E-state index in [9.17, 15) is 9.59 Å². The first-order valence-electron chi connectivity index (χ1n) is 13.4. The van der Waals surface area contributed by atoms with Crippen molar-refractivity contribution >= 4 is 28.2 Å². The van der Waals surface area contributed by atoms with Crippen LogP contribution in [-0.2, 0) is 18.8 Å². The van der Waals surface area contributed by atoms with E-state index in [1.165, 1.54) is 0 Å². The summed E-state index contributed by atoms with van der Waals surface area (Å²) in [6.45, 7) is 6.54. The van der Waals surface area contributed by atoms with Crippen LogP contribution in [0.3, 0.4) is 0 Å². The van der Waals surface area contributed by atoms with E-state index in [0.29, 0.717) is 29.6 Å². The van der Waals surface area contributed by atoms with Crippen molar-refractivity contribution in [2.75, 3.05) is 13.1 Å². The first-order valence-corrected chi connectivity index (χ1v) is 13.4. The molecule has 0 saturated carbocycles. The van der Waals surface area contributed by atoms with Gasteiger partial charge < -0.3 is 9.64 Å². The lowest BCUT2D eigenvalue weighted by atomic mass is 10.1. The average Bonchev–Trinajstić information content (AvgIpc) is 3.48. The molecule has 0 aliphatic carbocycles. The number of amides is 1. The van der Waals surface area contributed by atoms with E-state index in [4.69, 9.17) is 9.72 Å². The molecule has 6 heterocycles. The van der Waals surface area contributed by atoms with E-state index in [0.717, 1.165) is 40.9 Å². The largest absolute Gasteiger partial charge is 0.444 e. The molecule has 11 nitrogen and oxygen atoms in total. The summed E-state index contributed by atoms with van der Waals surface area (Å²) in [6, 6.07) is 7.55. The van der Waals surface area contributed by atoms with Gasteiger partial charge in [-0.15, -0.1) is 0 Å². The fourth-order valence-electron chi connectivity index (χ4n) is 5.31. The Hall–Kier alpha value is -4.54. The van der Waals surface area contributed by atoms with Gasteiger partial charge in [-0.2, -0.15) is 5.10 Å². The third kappa shape index (κ3) is 4.61. The molecule has 0 aromatic carbocycles. The smallest absolute Gasteiger partial charge is 0.410 e. The Morgan fingerprint density at radius 1 is 1.00 bits per heavy atom. The first-order chi connectivity index (χ1) is 19.1. The van der Waals surface area contributed by atoms with Gasteiger partial charge in [0.2, 0.25) is 0 Å². The van der Waals surface area contributed by atoms with Gasteiger partial charge in [0.15, 0.2) is 0 Å². The second-order valence-corrected chi connectivity index (χ2v) is 11.3. The third-order valence-electron chi connectivity index (χ3n) is 7.24. The van der Waals surface area contributed by atoms with Crippen LogP contribution in [-0.4, -0.2) is 63.6 Å². The summed E-state index contributed by atoms with van der Waals surface area (Å²) in [6.07, 6.45) is 8.38. The number of pyridine rings is 3. The Bertz CT molecular complexity index is 1790. The molecule has 0 radical (unpaired) electrons. The van der Waals surface area contributed by atoms with Gasteiger partial charge in [-0.05, 0) is 57.9 Å². The van der Waals surface area contributed by atoms with Crippen LogP contribution in [0.15, 0.2) is 53.8 Å². The number of carbonyl (C=O) groups excluding carboxylic acids is 1. The van der Waals surface area contributed by atoms with Crippen molar-refractivity contribution in [2.24, 2.45) is 14.1 Å². The highest BCUT2D eigenvalue weighted by atomic mass is 16.6. The lowest BCUT2D eigenvalue weighted by Crippen LogP contribution is -2.45. The summed E-state index contributed by atoms with van der Waals surface area (Å²) in [7, 11) is 3.62. The molecule has 5 aromatic rings. The second kappa shape index (κ2) is 9.58. The number of aryl methyl sites for hydroxylation is 2. The molecule has 1 atom stereocenters. The summed E-state index contributed by atoms with van der Waals surface area (Å²) in [5.74, 6) is 0. The van der Waals surface area contributed by atoms with Crippen molar-refractivity contribution < 1.29 is 9.53 Å². The van der Waals surface area contributed by atoms with Crippen LogP contribution < -0.4 is 5.69 Å². The number of likely N-dealkylation sites (tertiary alicyclic amines) is 1. The molecule has 1 fully saturated rings. The highest BCUT2D eigenvalue weighted by Crippen LogP contribution is 2.30. The maximum Gasteiger partial charge on any atom is 0.410 e. The zero-order chi connectivity index (χ0) is 28.2. The third-order valence-corrected chi connectivity index (χ3v) is 7.24. The molecule has 0 unspecified atom stereocenters. The van der Waals surface area contributed by atoms with E-state index in [1.807, 2.05) is 58.3 Å². The molecule has 1 aliphatic heterocycles. The first kappa shape index (κ1) is 25.7. The average molecular weight is 541 g/mol. The number of piperidine rings is 1. The number of nitrogens with zero attached hydrogens (tertiary/aromatic N) is 8. The monoisotopic (exact) mass is 540 g/mol. The quantitative estimate of drug-likeness (QED) is 0.335. The zero-order valence-electron chi connectivity index (χ0n) is 23.3. The van der Waals surface area contributed by atoms with Gasteiger partial charge in [-0.25, -0.2) is 14.6 Å². The molecular formula is C29H32N8O3. The number of ether oxygens (including phenoxy) is 1. The molecule has 1 aliphatic rings. The van der Waals surface area contributed by atoms with Crippen molar-refractivity contribution in [3.63, 3.8) is 0 Å². The second-order valence-electron chi connectivity index (χ2n) is 11.3. The van der Waals surface area contributed by atoms with Gasteiger partial charge in [0.1, 0.15) is 11.1 Å². The summed E-state index contributed by atoms with van der Waals surface area (Å²) in [5, 5.41) is 4.22. The standard InChI is InChI=1S/C29H32N8O3/c1-29(2,3)40-28(39)36-12-6-7-20(17-36)37-26-24(35(5)27(37)38)15-31-23-11-10-22(33-25(23)26)18-8-9-21(30-13-18)19-14-32-34(4)16-19/h8-11,13-16,20H,6-7,12,17H2,1-5H3/t20-/m1/s1. The predicted molar refractivity (Wildman–Crippen MR) is 152 cm³/mol. The SMILES string of the molecule is Cn1cc(-c2ccc(-c3ccc4ncc5c(c4n3)n([C@@H]3CCCN(C(=O)OC(C)(C)C)C3)c(=O)n5C)cn2)cn1. The molecule has 206 valence electrons. The van der Waals surface area contributed by atoms with Gasteiger partial charge in [0.05, 0.1) is 46.4 Å². The lowest BCUT2D eigenvalue weighted by molar-refractivity contribution is 0.0173. The molecule has 1 amide bonds. The summed E-state index contributed by atoms with van der Waals surface area (Å²) < 4.78 is 10.8. The minimum absolute atomic E-state index is 0.157. The molecule has 11 heteroatoms. The Kier molecular flexibility index (Phi) is 6.16. The highest BCUT2D eigenvalue weighted by Gasteiger charge is 2.31. The summed E-state index contributed by atoms with van der Waals surface area (Å²) in [5.41, 5.74) is 5.34. The number of hydrogen-bond acceptors (Lipinski definition) is 7. The molecule has 5 aromatic heterocycles. The molecule has 0 spiro atoms. The molecule has 6 rings (SSSR count). The zero-order valence-corrected chi connectivity index (χ0v) is 23.3. The Morgan fingerprint density at radius 3 is 2.50 bits per heavy atom. The number of fused-ring (bicyclic) bond motifs is 3. The number of imidazole rings is 1. The van der Waals surface area contributed by atoms with E-state index in [-0.39, 0.29) is 17.8 Å². The Balaban J connectivity index is 1.41. The van der Waals surface area contributed by atoms with Crippen molar-refractivity contribution in [1.82, 2.24) is 38.8 Å². The summed E-state index contributed by atoms with van der Waals surface area (Å²) in [4.78, 5) is 42.4. The fourth-order valence-corrected chi connectivity index (χ4v) is 5.31. The number of aromatic nitrogens is 7. The van der Waals surface area contributed by atoms with Crippen molar-refractivity contribution in [3.8, 4) is 22.5 Å². The van der Waals surface area contributed by atoms with Crippen LogP contribution in [0.5, 0.6) is 0 Å².